The van der Waals surface area contributed by atoms with Gasteiger partial charge in [-0.2, -0.15) is 0 Å². The van der Waals surface area contributed by atoms with Crippen LogP contribution < -0.4 is 22.5 Å². The predicted molar refractivity (Wildman–Crippen MR) is 251 cm³/mol. The van der Waals surface area contributed by atoms with E-state index in [-0.39, 0.29) is 24.1 Å². The van der Waals surface area contributed by atoms with Crippen LogP contribution in [0.3, 0.4) is 0 Å². The second kappa shape index (κ2) is 23.5. The van der Waals surface area contributed by atoms with Crippen LogP contribution in [-0.4, -0.2) is 180 Å². The minimum Gasteiger partial charge on any atom is -0.458 e. The van der Waals surface area contributed by atoms with E-state index in [9.17, 15) is 19.5 Å². The van der Waals surface area contributed by atoms with Crippen LogP contribution in [0.25, 0.3) is 11.3 Å². The molecule has 3 aliphatic rings. The number of likely N-dealkylation sites (N-methyl/N-ethyl adjacent to an activating group) is 1. The number of rotatable bonds is 17. The first-order valence-corrected chi connectivity index (χ1v) is 23.9. The maximum absolute atomic E-state index is 14.6. The fourth-order valence-electron chi connectivity index (χ4n) is 10.4. The number of aromatic nitrogens is 3. The lowest BCUT2D eigenvalue weighted by Crippen LogP contribution is -2.61. The van der Waals surface area contributed by atoms with Crippen LogP contribution in [0.4, 0.5) is 10.5 Å². The third kappa shape index (κ3) is 12.5. The van der Waals surface area contributed by atoms with Crippen LogP contribution in [-0.2, 0) is 39.8 Å². The van der Waals surface area contributed by atoms with Gasteiger partial charge in [-0.1, -0.05) is 38.1 Å². The number of ketones is 1. The van der Waals surface area contributed by atoms with E-state index in [1.165, 1.54) is 6.92 Å². The van der Waals surface area contributed by atoms with Crippen molar-refractivity contribution in [3.8, 4) is 11.3 Å². The topological polar surface area (TPSA) is 248 Å². The summed E-state index contributed by atoms with van der Waals surface area (Å²) < 4.78 is 34.1. The first-order chi connectivity index (χ1) is 31.3. The number of hydrogen-bond donors (Lipinski definition) is 5. The molecule has 2 unspecified atom stereocenters. The fraction of sp³-hybridized carbons (Fsp3) is 0.766. The van der Waals surface area contributed by atoms with Gasteiger partial charge >= 0.3 is 12.1 Å². The monoisotopic (exact) mass is 929 g/mol. The Balaban J connectivity index is 1.39. The van der Waals surface area contributed by atoms with Crippen molar-refractivity contribution in [3.05, 3.63) is 30.5 Å². The van der Waals surface area contributed by atoms with Gasteiger partial charge in [-0.3, -0.25) is 24.1 Å². The highest BCUT2D eigenvalue weighted by Gasteiger charge is 2.59. The summed E-state index contributed by atoms with van der Waals surface area (Å²) in [5.74, 6) is -3.33. The Labute approximate surface area is 391 Å². The number of cyclic esters (lactones) is 1. The molecule has 8 N–H and O–H groups in total. The van der Waals surface area contributed by atoms with Crippen molar-refractivity contribution in [2.75, 3.05) is 72.8 Å². The molecule has 19 heteroatoms. The third-order valence-electron chi connectivity index (χ3n) is 14.1. The molecule has 372 valence electrons. The zero-order valence-electron chi connectivity index (χ0n) is 41.1. The number of methoxy groups -OCH3 is 1. The molecule has 3 fully saturated rings. The molecule has 1 aromatic carbocycles. The Hall–Kier alpha value is -3.79. The number of aliphatic hydroxyl groups excluding tert-OH is 1. The van der Waals surface area contributed by atoms with E-state index in [0.717, 1.165) is 11.3 Å². The molecule has 0 aliphatic carbocycles. The largest absolute Gasteiger partial charge is 0.458 e. The number of fused-ring (bicyclic) bond motifs is 1. The van der Waals surface area contributed by atoms with Crippen molar-refractivity contribution in [1.82, 2.24) is 35.0 Å². The van der Waals surface area contributed by atoms with Gasteiger partial charge in [0.15, 0.2) is 17.7 Å². The average molecular weight is 929 g/mol. The number of Topliss-reactive ketones (excluding diaryl/α,β-unsaturated/α-hetero) is 1. The first kappa shape index (κ1) is 53.2. The summed E-state index contributed by atoms with van der Waals surface area (Å²) in [7, 11) is 5.39. The summed E-state index contributed by atoms with van der Waals surface area (Å²) in [6.45, 7) is 17.1. The number of nitrogens with two attached hydrogens (primary N) is 3. The molecule has 4 heterocycles. The van der Waals surface area contributed by atoms with E-state index in [1.807, 2.05) is 77.2 Å². The lowest BCUT2D eigenvalue weighted by molar-refractivity contribution is -0.298. The van der Waals surface area contributed by atoms with Crippen LogP contribution in [0.15, 0.2) is 30.5 Å². The number of anilines is 1. The van der Waals surface area contributed by atoms with Crippen molar-refractivity contribution in [1.29, 1.82) is 0 Å². The van der Waals surface area contributed by atoms with Crippen molar-refractivity contribution in [3.63, 3.8) is 0 Å². The fourth-order valence-corrected chi connectivity index (χ4v) is 10.4. The SMILES string of the molecule is CC[C@H]1OC(=O)[C@H](C)C(=O)[C@H](C)[C@@H](O[C@@H]2O[C@H](CN(CCN)CCN)CC(N(C)C)C2O)[C@](C)(OC)C[C@@H](C)CN[C@H](C)[C@H]2N(CCCCn3cc(-c4cccc(N)c4)nn3)C(=O)O[C@]12C. The number of amides is 1. The third-order valence-corrected chi connectivity index (χ3v) is 14.1. The summed E-state index contributed by atoms with van der Waals surface area (Å²) in [6, 6.07) is 6.31. The Morgan fingerprint density at radius 2 is 1.74 bits per heavy atom. The Kier molecular flexibility index (Phi) is 18.9. The van der Waals surface area contributed by atoms with Gasteiger partial charge in [0.2, 0.25) is 0 Å². The molecular weight excluding hydrogens is 849 g/mol. The number of ether oxygens (including phenoxy) is 5. The number of esters is 1. The number of carbonyl (C=O) groups is 3. The van der Waals surface area contributed by atoms with E-state index in [1.54, 1.807) is 23.6 Å². The molecule has 5 rings (SSSR count). The van der Waals surface area contributed by atoms with Gasteiger partial charge in [0.05, 0.1) is 30.0 Å². The Morgan fingerprint density at radius 3 is 2.38 bits per heavy atom. The average Bonchev–Trinajstić information content (AvgIpc) is 3.86. The summed E-state index contributed by atoms with van der Waals surface area (Å²) in [6.07, 6.45) is -0.358. The highest BCUT2D eigenvalue weighted by molar-refractivity contribution is 6.00. The molecule has 3 saturated heterocycles. The van der Waals surface area contributed by atoms with Gasteiger partial charge in [0, 0.05) is 82.2 Å². The normalized spacial score (nSPS) is 34.0. The summed E-state index contributed by atoms with van der Waals surface area (Å²) >= 11 is 0. The molecule has 19 nitrogen and oxygen atoms in total. The number of hydrogen-bond acceptors (Lipinski definition) is 17. The van der Waals surface area contributed by atoms with Crippen molar-refractivity contribution in [2.45, 2.75) is 147 Å². The van der Waals surface area contributed by atoms with Crippen molar-refractivity contribution < 1.29 is 43.2 Å². The Morgan fingerprint density at radius 1 is 1.05 bits per heavy atom. The zero-order valence-corrected chi connectivity index (χ0v) is 41.1. The standard InChI is InChI=1S/C47H80N10O9/c1-11-38-47(7)41(57(45(61)66-47)20-13-12-19-56-28-36(52-53-56)33-15-14-16-34(50)23-33)32(5)51-26-29(2)25-46(6,62-10)42(30(3)39(58)31(4)43(60)64-38)65-44-40(59)37(54(8)9)24-35(63-44)27-55(21-17-48)22-18-49/h14-16,23,28-32,35,37-38,40-42,44,51,59H,11-13,17-22,24-27,48-50H2,1-10H3/t29-,30+,31-,32-,35+,37?,38-,40?,41-,42-,44+,46-,47-/m1/s1. The lowest BCUT2D eigenvalue weighted by Gasteiger charge is -2.47. The van der Waals surface area contributed by atoms with Gasteiger partial charge in [0.25, 0.3) is 0 Å². The van der Waals surface area contributed by atoms with Gasteiger partial charge in [-0.15, -0.1) is 5.10 Å². The van der Waals surface area contributed by atoms with Crippen molar-refractivity contribution in [2.24, 2.45) is 29.2 Å². The number of nitrogen functional groups attached to an aromatic ring is 1. The molecule has 13 atom stereocenters. The molecule has 0 bridgehead atoms. The number of aliphatic hydroxyl groups is 1. The van der Waals surface area contributed by atoms with Crippen LogP contribution in [0.2, 0.25) is 0 Å². The smallest absolute Gasteiger partial charge is 0.410 e. The molecule has 0 spiro atoms. The van der Waals surface area contributed by atoms with Gasteiger partial charge in [-0.05, 0) is 98.5 Å². The molecule has 0 radical (unpaired) electrons. The van der Waals surface area contributed by atoms with Crippen LogP contribution in [0.1, 0.15) is 80.6 Å². The van der Waals surface area contributed by atoms with Gasteiger partial charge in [-0.25, -0.2) is 4.79 Å². The molecular formula is C47H80N10O9. The quantitative estimate of drug-likeness (QED) is 0.0662. The minimum atomic E-state index is -1.26. The van der Waals surface area contributed by atoms with E-state index < -0.39 is 71.5 Å². The van der Waals surface area contributed by atoms with E-state index in [0.29, 0.717) is 90.1 Å². The van der Waals surface area contributed by atoms with E-state index in [4.69, 9.17) is 40.9 Å². The number of benzene rings is 1. The lowest BCUT2D eigenvalue weighted by atomic mass is 9.78. The highest BCUT2D eigenvalue weighted by Crippen LogP contribution is 2.40. The highest BCUT2D eigenvalue weighted by atomic mass is 16.7. The molecule has 1 aromatic heterocycles. The molecule has 2 aromatic rings. The van der Waals surface area contributed by atoms with Crippen LogP contribution >= 0.6 is 0 Å². The Bertz CT molecular complexity index is 1880. The number of nitrogens with zero attached hydrogens (tertiary/aromatic N) is 6. The summed E-state index contributed by atoms with van der Waals surface area (Å²) in [5.41, 5.74) is 17.7. The molecule has 1 amide bonds. The number of unbranched alkanes of at least 4 members (excludes halogenated alkanes) is 1. The first-order valence-electron chi connectivity index (χ1n) is 23.9. The summed E-state index contributed by atoms with van der Waals surface area (Å²) in [4.78, 5) is 48.6. The van der Waals surface area contributed by atoms with Crippen LogP contribution in [0, 0.1) is 17.8 Å². The number of aryl methyl sites for hydroxylation is 1. The van der Waals surface area contributed by atoms with Crippen LogP contribution in [0.5, 0.6) is 0 Å². The van der Waals surface area contributed by atoms with Gasteiger partial charge < -0.3 is 56.2 Å². The maximum atomic E-state index is 14.6. The molecule has 3 aliphatic heterocycles. The predicted octanol–water partition coefficient (Wildman–Crippen LogP) is 2.48. The van der Waals surface area contributed by atoms with E-state index in [2.05, 4.69) is 27.5 Å². The second-order valence-electron chi connectivity index (χ2n) is 19.5. The number of nitrogens with one attached hydrogen (secondary N) is 1. The van der Waals surface area contributed by atoms with Gasteiger partial charge in [0.1, 0.15) is 23.8 Å². The van der Waals surface area contributed by atoms with E-state index >= 15 is 0 Å². The molecule has 0 saturated carbocycles. The zero-order chi connectivity index (χ0) is 48.5. The van der Waals surface area contributed by atoms with Crippen molar-refractivity contribution >= 4 is 23.5 Å². The second-order valence-corrected chi connectivity index (χ2v) is 19.5. The maximum Gasteiger partial charge on any atom is 0.410 e. The summed E-state index contributed by atoms with van der Waals surface area (Å²) in [5, 5.41) is 24.2. The molecule has 66 heavy (non-hydrogen) atoms. The number of carbonyl (C=O) groups excluding carboxylic acids is 3. The minimum absolute atomic E-state index is 0.0496.